The molecule has 1 atom stereocenters. The van der Waals surface area contributed by atoms with E-state index in [0.717, 1.165) is 28.0 Å². The smallest absolute Gasteiger partial charge is 0.123 e. The van der Waals surface area contributed by atoms with Crippen LogP contribution in [0.2, 0.25) is 0 Å². The minimum absolute atomic E-state index is 0.0205. The van der Waals surface area contributed by atoms with Gasteiger partial charge in [-0.05, 0) is 60.4 Å². The summed E-state index contributed by atoms with van der Waals surface area (Å²) in [5.74, 6) is 0.627. The first-order chi connectivity index (χ1) is 9.01. The average molecular weight is 323 g/mol. The van der Waals surface area contributed by atoms with Crippen molar-refractivity contribution in [3.05, 3.63) is 64.5 Å². The molecule has 0 aliphatic carbocycles. The number of ether oxygens (including phenoxy) is 1. The summed E-state index contributed by atoms with van der Waals surface area (Å²) >= 11 is 3.65. The first-order valence-electron chi connectivity index (χ1n) is 6.07. The van der Waals surface area contributed by atoms with Crippen LogP contribution in [0.4, 0.5) is 4.39 Å². The van der Waals surface area contributed by atoms with Gasteiger partial charge in [0.1, 0.15) is 11.6 Å². The minimum Gasteiger partial charge on any atom is -0.497 e. The molecular formula is C16H16BrFO. The third-order valence-electron chi connectivity index (χ3n) is 3.11. The molecule has 1 nitrogen and oxygen atoms in total. The summed E-state index contributed by atoms with van der Waals surface area (Å²) in [7, 11) is 1.65. The van der Waals surface area contributed by atoms with Gasteiger partial charge in [0, 0.05) is 0 Å². The lowest BCUT2D eigenvalue weighted by atomic mass is 9.99. The monoisotopic (exact) mass is 322 g/mol. The summed E-state index contributed by atoms with van der Waals surface area (Å²) in [6.45, 7) is 3.92. The molecule has 0 spiro atoms. The van der Waals surface area contributed by atoms with Crippen molar-refractivity contribution in [3.8, 4) is 5.75 Å². The second-order valence-corrected chi connectivity index (χ2v) is 5.56. The Morgan fingerprint density at radius 3 is 2.42 bits per heavy atom. The largest absolute Gasteiger partial charge is 0.497 e. The van der Waals surface area contributed by atoms with Gasteiger partial charge in [-0.15, -0.1) is 0 Å². The van der Waals surface area contributed by atoms with Gasteiger partial charge < -0.3 is 4.74 Å². The second-order valence-electron chi connectivity index (χ2n) is 4.65. The summed E-state index contributed by atoms with van der Waals surface area (Å²) < 4.78 is 18.7. The Morgan fingerprint density at radius 2 is 1.84 bits per heavy atom. The summed E-state index contributed by atoms with van der Waals surface area (Å²) in [6, 6.07) is 11.0. The van der Waals surface area contributed by atoms with Gasteiger partial charge in [-0.2, -0.15) is 0 Å². The summed E-state index contributed by atoms with van der Waals surface area (Å²) in [4.78, 5) is -0.0205. The molecule has 100 valence electrons. The van der Waals surface area contributed by atoms with Gasteiger partial charge in [-0.1, -0.05) is 28.1 Å². The maximum absolute atomic E-state index is 13.5. The van der Waals surface area contributed by atoms with E-state index in [9.17, 15) is 4.39 Å². The molecule has 0 saturated carbocycles. The second kappa shape index (κ2) is 5.74. The van der Waals surface area contributed by atoms with Crippen molar-refractivity contribution >= 4 is 15.9 Å². The van der Waals surface area contributed by atoms with Crippen LogP contribution in [0, 0.1) is 19.7 Å². The van der Waals surface area contributed by atoms with Gasteiger partial charge in [0.05, 0.1) is 11.9 Å². The topological polar surface area (TPSA) is 9.23 Å². The number of alkyl halides is 1. The fourth-order valence-corrected chi connectivity index (χ4v) is 2.93. The lowest BCUT2D eigenvalue weighted by Crippen LogP contribution is -1.98. The molecule has 0 radical (unpaired) electrons. The van der Waals surface area contributed by atoms with E-state index >= 15 is 0 Å². The van der Waals surface area contributed by atoms with Gasteiger partial charge in [0.2, 0.25) is 0 Å². The Morgan fingerprint density at radius 1 is 1.11 bits per heavy atom. The third kappa shape index (κ3) is 3.16. The van der Waals surface area contributed by atoms with E-state index < -0.39 is 0 Å². The summed E-state index contributed by atoms with van der Waals surface area (Å²) in [6.07, 6.45) is 0. The zero-order valence-corrected chi connectivity index (χ0v) is 12.8. The Balaban J connectivity index is 2.40. The van der Waals surface area contributed by atoms with Crippen molar-refractivity contribution in [1.82, 2.24) is 0 Å². The van der Waals surface area contributed by atoms with Gasteiger partial charge in [-0.25, -0.2) is 4.39 Å². The number of hydrogen-bond donors (Lipinski definition) is 0. The molecule has 1 unspecified atom stereocenters. The fraction of sp³-hybridized carbons (Fsp3) is 0.250. The highest BCUT2D eigenvalue weighted by molar-refractivity contribution is 9.09. The number of aryl methyl sites for hydroxylation is 2. The molecule has 0 fully saturated rings. The fourth-order valence-electron chi connectivity index (χ4n) is 2.15. The van der Waals surface area contributed by atoms with Gasteiger partial charge in [0.15, 0.2) is 0 Å². The third-order valence-corrected chi connectivity index (χ3v) is 4.13. The molecule has 0 saturated heterocycles. The van der Waals surface area contributed by atoms with E-state index in [1.54, 1.807) is 13.2 Å². The van der Waals surface area contributed by atoms with E-state index in [4.69, 9.17) is 4.74 Å². The van der Waals surface area contributed by atoms with Crippen LogP contribution in [0.1, 0.15) is 27.1 Å². The van der Waals surface area contributed by atoms with Crippen molar-refractivity contribution in [2.75, 3.05) is 7.11 Å². The molecule has 2 aromatic carbocycles. The molecule has 0 N–H and O–H groups in total. The number of halogens is 2. The zero-order valence-electron chi connectivity index (χ0n) is 11.2. The van der Waals surface area contributed by atoms with E-state index in [1.807, 2.05) is 38.1 Å². The molecule has 0 bridgehead atoms. The van der Waals surface area contributed by atoms with Crippen molar-refractivity contribution in [3.63, 3.8) is 0 Å². The zero-order chi connectivity index (χ0) is 14.0. The van der Waals surface area contributed by atoms with E-state index in [1.165, 1.54) is 6.07 Å². The molecule has 0 heterocycles. The highest BCUT2D eigenvalue weighted by Crippen LogP contribution is 2.34. The highest BCUT2D eigenvalue weighted by Gasteiger charge is 2.14. The molecule has 19 heavy (non-hydrogen) atoms. The maximum atomic E-state index is 13.5. The molecule has 0 aliphatic rings. The minimum atomic E-state index is -0.203. The Kier molecular flexibility index (Phi) is 4.25. The van der Waals surface area contributed by atoms with Crippen LogP contribution in [0.15, 0.2) is 36.4 Å². The molecular weight excluding hydrogens is 307 g/mol. The molecule has 0 amide bonds. The number of methoxy groups -OCH3 is 1. The molecule has 3 heteroatoms. The maximum Gasteiger partial charge on any atom is 0.123 e. The SMILES string of the molecule is COc1ccc(C(Br)c2cc(C)cc(F)c2)c(C)c1. The molecule has 2 aromatic rings. The predicted molar refractivity (Wildman–Crippen MR) is 79.6 cm³/mol. The lowest BCUT2D eigenvalue weighted by molar-refractivity contribution is 0.414. The standard InChI is InChI=1S/C16H16BrFO/c1-10-6-12(9-13(18)7-10)16(17)15-5-4-14(19-3)8-11(15)2/h4-9,16H,1-3H3. The first kappa shape index (κ1) is 14.1. The molecule has 0 aliphatic heterocycles. The normalized spacial score (nSPS) is 12.3. The Bertz CT molecular complexity index is 575. The number of hydrogen-bond acceptors (Lipinski definition) is 1. The van der Waals surface area contributed by atoms with Crippen LogP contribution in [0.3, 0.4) is 0 Å². The predicted octanol–water partition coefficient (Wildman–Crippen LogP) is 4.94. The highest BCUT2D eigenvalue weighted by atomic mass is 79.9. The molecule has 0 aromatic heterocycles. The quantitative estimate of drug-likeness (QED) is 0.727. The van der Waals surface area contributed by atoms with Crippen molar-refractivity contribution in [2.45, 2.75) is 18.7 Å². The van der Waals surface area contributed by atoms with Crippen molar-refractivity contribution < 1.29 is 9.13 Å². The van der Waals surface area contributed by atoms with Crippen molar-refractivity contribution in [1.29, 1.82) is 0 Å². The molecule has 2 rings (SSSR count). The first-order valence-corrected chi connectivity index (χ1v) is 6.98. The van der Waals surface area contributed by atoms with Gasteiger partial charge in [0.25, 0.3) is 0 Å². The van der Waals surface area contributed by atoms with Crippen LogP contribution >= 0.6 is 15.9 Å². The van der Waals surface area contributed by atoms with E-state index in [2.05, 4.69) is 15.9 Å². The van der Waals surface area contributed by atoms with E-state index in [0.29, 0.717) is 0 Å². The van der Waals surface area contributed by atoms with Gasteiger partial charge in [-0.3, -0.25) is 0 Å². The van der Waals surface area contributed by atoms with Crippen LogP contribution in [0.5, 0.6) is 5.75 Å². The lowest BCUT2D eigenvalue weighted by Gasteiger charge is -2.15. The van der Waals surface area contributed by atoms with Crippen LogP contribution in [0.25, 0.3) is 0 Å². The summed E-state index contributed by atoms with van der Waals surface area (Å²) in [5.41, 5.74) is 4.07. The van der Waals surface area contributed by atoms with Crippen LogP contribution < -0.4 is 4.74 Å². The van der Waals surface area contributed by atoms with E-state index in [-0.39, 0.29) is 10.6 Å². The average Bonchev–Trinajstić information content (AvgIpc) is 2.36. The number of rotatable bonds is 3. The van der Waals surface area contributed by atoms with Crippen LogP contribution in [-0.4, -0.2) is 7.11 Å². The Hall–Kier alpha value is -1.35. The number of benzene rings is 2. The van der Waals surface area contributed by atoms with Gasteiger partial charge >= 0.3 is 0 Å². The Labute approximate surface area is 121 Å². The summed E-state index contributed by atoms with van der Waals surface area (Å²) in [5, 5.41) is 0. The van der Waals surface area contributed by atoms with Crippen molar-refractivity contribution in [2.24, 2.45) is 0 Å². The van der Waals surface area contributed by atoms with Crippen LogP contribution in [-0.2, 0) is 0 Å².